The summed E-state index contributed by atoms with van der Waals surface area (Å²) in [6.45, 7) is 4.44. The van der Waals surface area contributed by atoms with Gasteiger partial charge in [-0.05, 0) is 31.5 Å². The van der Waals surface area contributed by atoms with E-state index in [0.717, 1.165) is 10.5 Å². The summed E-state index contributed by atoms with van der Waals surface area (Å²) in [5.74, 6) is -0.0316. The molecule has 0 bridgehead atoms. The molecule has 0 fully saturated rings. The van der Waals surface area contributed by atoms with Crippen LogP contribution in [0.15, 0.2) is 23.1 Å². The summed E-state index contributed by atoms with van der Waals surface area (Å²) in [7, 11) is 0. The monoisotopic (exact) mass is 195 g/mol. The first-order chi connectivity index (χ1) is 6.16. The van der Waals surface area contributed by atoms with Crippen LogP contribution in [0.25, 0.3) is 0 Å². The number of nitrogens with one attached hydrogen (secondary N) is 1. The molecule has 0 aromatic heterocycles. The minimum absolute atomic E-state index is 0.0316. The fraction of sp³-hybridized carbons (Fsp3) is 0.300. The minimum atomic E-state index is -0.0316. The molecule has 1 rings (SSSR count). The molecule has 1 amide bonds. The van der Waals surface area contributed by atoms with Gasteiger partial charge in [-0.25, -0.2) is 0 Å². The van der Waals surface area contributed by atoms with Crippen molar-refractivity contribution in [1.29, 1.82) is 0 Å². The largest absolute Gasteiger partial charge is 0.352 e. The topological polar surface area (TPSA) is 29.1 Å². The zero-order valence-electron chi connectivity index (χ0n) is 7.79. The predicted molar refractivity (Wildman–Crippen MR) is 56.4 cm³/mol. The van der Waals surface area contributed by atoms with Crippen molar-refractivity contribution in [3.8, 4) is 0 Å². The summed E-state index contributed by atoms with van der Waals surface area (Å²) in [6.07, 6.45) is 0. The molecule has 0 aliphatic rings. The number of hydrogen-bond donors (Lipinski definition) is 2. The molecule has 0 heterocycles. The SMILES string of the molecule is CCNC(=O)c1cccc(S)c1C. The van der Waals surface area contributed by atoms with E-state index in [9.17, 15) is 4.79 Å². The molecule has 1 N–H and O–H groups in total. The molecule has 0 unspecified atom stereocenters. The van der Waals surface area contributed by atoms with Crippen molar-refractivity contribution in [2.24, 2.45) is 0 Å². The van der Waals surface area contributed by atoms with Crippen molar-refractivity contribution in [1.82, 2.24) is 5.32 Å². The van der Waals surface area contributed by atoms with Crippen molar-refractivity contribution in [2.75, 3.05) is 6.54 Å². The third kappa shape index (κ3) is 2.25. The Kier molecular flexibility index (Phi) is 3.37. The summed E-state index contributed by atoms with van der Waals surface area (Å²) in [5.41, 5.74) is 1.63. The molecule has 1 aromatic rings. The quantitative estimate of drug-likeness (QED) is 0.695. The molecule has 0 aliphatic heterocycles. The van der Waals surface area contributed by atoms with Crippen molar-refractivity contribution in [3.05, 3.63) is 29.3 Å². The van der Waals surface area contributed by atoms with Gasteiger partial charge in [-0.15, -0.1) is 12.6 Å². The Labute approximate surface area is 83.8 Å². The Bertz CT molecular complexity index is 323. The number of amides is 1. The molecule has 0 atom stereocenters. The summed E-state index contributed by atoms with van der Waals surface area (Å²) in [6, 6.07) is 5.52. The van der Waals surface area contributed by atoms with Crippen LogP contribution in [0.2, 0.25) is 0 Å². The lowest BCUT2D eigenvalue weighted by Gasteiger charge is -2.06. The van der Waals surface area contributed by atoms with Crippen LogP contribution < -0.4 is 5.32 Å². The molecule has 0 aliphatic carbocycles. The lowest BCUT2D eigenvalue weighted by atomic mass is 10.1. The first kappa shape index (κ1) is 10.1. The van der Waals surface area contributed by atoms with Gasteiger partial charge in [0.2, 0.25) is 0 Å². The average molecular weight is 195 g/mol. The minimum Gasteiger partial charge on any atom is -0.352 e. The molecule has 1 aromatic carbocycles. The molecule has 2 nitrogen and oxygen atoms in total. The molecule has 3 heteroatoms. The Balaban J connectivity index is 3.01. The molecule has 0 radical (unpaired) electrons. The van der Waals surface area contributed by atoms with E-state index in [1.165, 1.54) is 0 Å². The first-order valence-electron chi connectivity index (χ1n) is 4.23. The van der Waals surface area contributed by atoms with Gasteiger partial charge in [0.25, 0.3) is 5.91 Å². The summed E-state index contributed by atoms with van der Waals surface area (Å²) >= 11 is 4.25. The molecule has 13 heavy (non-hydrogen) atoms. The number of benzene rings is 1. The van der Waals surface area contributed by atoms with Crippen LogP contribution in [0.4, 0.5) is 0 Å². The van der Waals surface area contributed by atoms with Gasteiger partial charge in [-0.1, -0.05) is 6.07 Å². The Morgan fingerprint density at radius 1 is 1.54 bits per heavy atom. The van der Waals surface area contributed by atoms with E-state index in [4.69, 9.17) is 0 Å². The Morgan fingerprint density at radius 2 is 2.23 bits per heavy atom. The zero-order valence-corrected chi connectivity index (χ0v) is 8.69. The maximum absolute atomic E-state index is 11.5. The number of rotatable bonds is 2. The Hall–Kier alpha value is -0.960. The van der Waals surface area contributed by atoms with Crippen LogP contribution in [-0.4, -0.2) is 12.5 Å². The summed E-state index contributed by atoms with van der Waals surface area (Å²) in [5, 5.41) is 2.76. The van der Waals surface area contributed by atoms with Crippen LogP contribution in [0, 0.1) is 6.92 Å². The smallest absolute Gasteiger partial charge is 0.251 e. The van der Waals surface area contributed by atoms with Gasteiger partial charge in [0.05, 0.1) is 0 Å². The first-order valence-corrected chi connectivity index (χ1v) is 4.68. The van der Waals surface area contributed by atoms with Crippen molar-refractivity contribution in [2.45, 2.75) is 18.7 Å². The second-order valence-corrected chi connectivity index (χ2v) is 3.29. The van der Waals surface area contributed by atoms with Gasteiger partial charge in [0.1, 0.15) is 0 Å². The number of thiol groups is 1. The highest BCUT2D eigenvalue weighted by Gasteiger charge is 2.08. The molecule has 70 valence electrons. The van der Waals surface area contributed by atoms with Crippen molar-refractivity contribution < 1.29 is 4.79 Å². The molecule has 0 saturated carbocycles. The summed E-state index contributed by atoms with van der Waals surface area (Å²) in [4.78, 5) is 12.3. The third-order valence-electron chi connectivity index (χ3n) is 1.89. The fourth-order valence-electron chi connectivity index (χ4n) is 1.13. The van der Waals surface area contributed by atoms with E-state index in [1.807, 2.05) is 26.0 Å². The van der Waals surface area contributed by atoms with Gasteiger partial charge in [-0.3, -0.25) is 4.79 Å². The number of carbonyl (C=O) groups is 1. The predicted octanol–water partition coefficient (Wildman–Crippen LogP) is 2.03. The van der Waals surface area contributed by atoms with Crippen LogP contribution in [0.5, 0.6) is 0 Å². The maximum Gasteiger partial charge on any atom is 0.251 e. The highest BCUT2D eigenvalue weighted by atomic mass is 32.1. The second-order valence-electron chi connectivity index (χ2n) is 2.81. The van der Waals surface area contributed by atoms with Crippen LogP contribution in [0.1, 0.15) is 22.8 Å². The van der Waals surface area contributed by atoms with Crippen LogP contribution >= 0.6 is 12.6 Å². The highest BCUT2D eigenvalue weighted by Crippen LogP contribution is 2.16. The number of carbonyl (C=O) groups excluding carboxylic acids is 1. The van der Waals surface area contributed by atoms with Gasteiger partial charge >= 0.3 is 0 Å². The van der Waals surface area contributed by atoms with Gasteiger partial charge in [-0.2, -0.15) is 0 Å². The lowest BCUT2D eigenvalue weighted by Crippen LogP contribution is -2.23. The standard InChI is InChI=1S/C10H13NOS/c1-3-11-10(12)8-5-4-6-9(13)7(8)2/h4-6,13H,3H2,1-2H3,(H,11,12). The number of hydrogen-bond acceptors (Lipinski definition) is 2. The maximum atomic E-state index is 11.5. The Morgan fingerprint density at radius 3 is 2.85 bits per heavy atom. The lowest BCUT2D eigenvalue weighted by molar-refractivity contribution is 0.0955. The highest BCUT2D eigenvalue weighted by molar-refractivity contribution is 7.80. The van der Waals surface area contributed by atoms with E-state index in [2.05, 4.69) is 17.9 Å². The van der Waals surface area contributed by atoms with Crippen molar-refractivity contribution >= 4 is 18.5 Å². The van der Waals surface area contributed by atoms with Gasteiger partial charge in [0, 0.05) is 17.0 Å². The second kappa shape index (κ2) is 4.33. The molecule has 0 spiro atoms. The van der Waals surface area contributed by atoms with E-state index >= 15 is 0 Å². The molecule has 0 saturated heterocycles. The average Bonchev–Trinajstić information content (AvgIpc) is 2.10. The molecular weight excluding hydrogens is 182 g/mol. The van der Waals surface area contributed by atoms with Crippen LogP contribution in [0.3, 0.4) is 0 Å². The third-order valence-corrected chi connectivity index (χ3v) is 2.37. The van der Waals surface area contributed by atoms with Gasteiger partial charge < -0.3 is 5.32 Å². The summed E-state index contributed by atoms with van der Waals surface area (Å²) < 4.78 is 0. The van der Waals surface area contributed by atoms with Crippen molar-refractivity contribution in [3.63, 3.8) is 0 Å². The van der Waals surface area contributed by atoms with E-state index in [1.54, 1.807) is 6.07 Å². The van der Waals surface area contributed by atoms with Gasteiger partial charge in [0.15, 0.2) is 0 Å². The van der Waals surface area contributed by atoms with E-state index in [0.29, 0.717) is 12.1 Å². The zero-order chi connectivity index (χ0) is 9.84. The van der Waals surface area contributed by atoms with E-state index < -0.39 is 0 Å². The normalized spacial score (nSPS) is 9.77. The van der Waals surface area contributed by atoms with E-state index in [-0.39, 0.29) is 5.91 Å². The fourth-order valence-corrected chi connectivity index (χ4v) is 1.33. The van der Waals surface area contributed by atoms with Crippen LogP contribution in [-0.2, 0) is 0 Å². The molecular formula is C10H13NOS.